The molecule has 4 heterocycles. The Morgan fingerprint density at radius 1 is 1.43 bits per heavy atom. The zero-order valence-electron chi connectivity index (χ0n) is 16.6. The molecule has 0 aromatic heterocycles. The smallest absolute Gasteiger partial charge is 0.315 e. The summed E-state index contributed by atoms with van der Waals surface area (Å²) in [6, 6.07) is 5.79. The molecule has 1 unspecified atom stereocenters. The van der Waals surface area contributed by atoms with E-state index in [9.17, 15) is 9.90 Å². The maximum absolute atomic E-state index is 13.6. The first-order valence-electron chi connectivity index (χ1n) is 10.2. The number of aromatic hydroxyl groups is 1. The van der Waals surface area contributed by atoms with Crippen molar-refractivity contribution in [3.05, 3.63) is 35.4 Å². The Morgan fingerprint density at radius 3 is 3.00 bits per heavy atom. The van der Waals surface area contributed by atoms with Crippen LogP contribution >= 0.6 is 0 Å². The first-order chi connectivity index (χ1) is 13.5. The first-order valence-corrected chi connectivity index (χ1v) is 10.2. The summed E-state index contributed by atoms with van der Waals surface area (Å²) < 4.78 is 12.2. The minimum atomic E-state index is -0.764. The molecule has 0 radical (unpaired) electrons. The lowest BCUT2D eigenvalue weighted by Gasteiger charge is -2.66. The predicted octanol–water partition coefficient (Wildman–Crippen LogP) is 2.02. The van der Waals surface area contributed by atoms with Gasteiger partial charge in [-0.15, -0.1) is 0 Å². The van der Waals surface area contributed by atoms with Gasteiger partial charge in [-0.05, 0) is 43.5 Å². The molecule has 6 rings (SSSR count). The molecule has 5 aliphatic rings. The molecule has 0 spiro atoms. The van der Waals surface area contributed by atoms with Gasteiger partial charge < -0.3 is 19.5 Å². The van der Waals surface area contributed by atoms with Gasteiger partial charge in [-0.25, -0.2) is 0 Å². The Labute approximate surface area is 164 Å². The van der Waals surface area contributed by atoms with Crippen molar-refractivity contribution in [1.82, 2.24) is 4.90 Å². The van der Waals surface area contributed by atoms with Crippen molar-refractivity contribution in [1.29, 1.82) is 0 Å². The van der Waals surface area contributed by atoms with E-state index in [1.807, 2.05) is 12.1 Å². The zero-order chi connectivity index (χ0) is 19.5. The second-order valence-electron chi connectivity index (χ2n) is 9.00. The number of allylic oxidation sites excluding steroid dienone is 1. The minimum absolute atomic E-state index is 0.101. The Morgan fingerprint density at radius 2 is 2.25 bits per heavy atom. The minimum Gasteiger partial charge on any atom is -0.508 e. The molecule has 5 bridgehead atoms. The summed E-state index contributed by atoms with van der Waals surface area (Å²) in [5, 5.41) is 10.4. The van der Waals surface area contributed by atoms with Crippen LogP contribution in [0.2, 0.25) is 0 Å². The standard InChI is InChI=1S/C22H26N2O4/c1-4-13-11-24-8-7-21-16-9-14(25)5-6-17(16)23(2)22(21)18(24)10-15(13)20(21,12-28-22)19(26)27-3/h4-6,9,15,18,25H,7-8,10-12H2,1-3H3/t15?,18-,20-,21-,22+/m0/s1. The van der Waals surface area contributed by atoms with E-state index in [0.717, 1.165) is 37.2 Å². The van der Waals surface area contributed by atoms with Crippen molar-refractivity contribution < 1.29 is 19.4 Å². The molecule has 0 amide bonds. The van der Waals surface area contributed by atoms with Crippen LogP contribution in [0.25, 0.3) is 0 Å². The monoisotopic (exact) mass is 382 g/mol. The largest absolute Gasteiger partial charge is 0.508 e. The van der Waals surface area contributed by atoms with Crippen LogP contribution in [0.4, 0.5) is 5.69 Å². The highest BCUT2D eigenvalue weighted by Gasteiger charge is 2.86. The Bertz CT molecular complexity index is 944. The van der Waals surface area contributed by atoms with Crippen molar-refractivity contribution in [3.8, 4) is 5.75 Å². The predicted molar refractivity (Wildman–Crippen MR) is 103 cm³/mol. The van der Waals surface area contributed by atoms with Gasteiger partial charge in [0.2, 0.25) is 0 Å². The van der Waals surface area contributed by atoms with Crippen molar-refractivity contribution in [2.75, 3.05) is 38.8 Å². The van der Waals surface area contributed by atoms with E-state index in [2.05, 4.69) is 29.8 Å². The molecular weight excluding hydrogens is 356 g/mol. The highest BCUT2D eigenvalue weighted by atomic mass is 16.6. The molecule has 28 heavy (non-hydrogen) atoms. The lowest BCUT2D eigenvalue weighted by atomic mass is 9.43. The molecule has 1 aliphatic carbocycles. The van der Waals surface area contributed by atoms with E-state index in [1.165, 1.54) is 12.7 Å². The summed E-state index contributed by atoms with van der Waals surface area (Å²) in [5.41, 5.74) is 1.54. The lowest BCUT2D eigenvalue weighted by molar-refractivity contribution is -0.184. The molecule has 6 heteroatoms. The molecule has 1 N–H and O–H groups in total. The van der Waals surface area contributed by atoms with Gasteiger partial charge in [0.1, 0.15) is 11.2 Å². The summed E-state index contributed by atoms with van der Waals surface area (Å²) >= 11 is 0. The van der Waals surface area contributed by atoms with E-state index >= 15 is 0 Å². The van der Waals surface area contributed by atoms with Gasteiger partial charge in [0.15, 0.2) is 5.72 Å². The van der Waals surface area contributed by atoms with Crippen molar-refractivity contribution >= 4 is 11.7 Å². The number of ether oxygens (including phenoxy) is 2. The van der Waals surface area contributed by atoms with Crippen LogP contribution in [-0.4, -0.2) is 61.6 Å². The third-order valence-corrected chi connectivity index (χ3v) is 8.67. The van der Waals surface area contributed by atoms with Crippen LogP contribution in [0.5, 0.6) is 5.75 Å². The number of rotatable bonds is 1. The summed E-state index contributed by atoms with van der Waals surface area (Å²) in [6.45, 7) is 4.25. The number of benzene rings is 1. The molecular formula is C22H26N2O4. The Balaban J connectivity index is 1.75. The summed E-state index contributed by atoms with van der Waals surface area (Å²) in [4.78, 5) is 18.4. The average Bonchev–Trinajstić information content (AvgIpc) is 3.08. The first kappa shape index (κ1) is 16.9. The van der Waals surface area contributed by atoms with Gasteiger partial charge in [-0.1, -0.05) is 11.6 Å². The van der Waals surface area contributed by atoms with Gasteiger partial charge in [-0.2, -0.15) is 0 Å². The van der Waals surface area contributed by atoms with E-state index < -0.39 is 16.6 Å². The van der Waals surface area contributed by atoms with Crippen LogP contribution in [0, 0.1) is 11.3 Å². The summed E-state index contributed by atoms with van der Waals surface area (Å²) in [7, 11) is 3.58. The number of piperidine rings is 2. The number of carbonyl (C=O) groups is 1. The molecule has 6 nitrogen and oxygen atoms in total. The quantitative estimate of drug-likeness (QED) is 0.592. The maximum atomic E-state index is 13.6. The summed E-state index contributed by atoms with van der Waals surface area (Å²) in [6.07, 6.45) is 3.92. The zero-order valence-corrected chi connectivity index (χ0v) is 16.6. The average molecular weight is 382 g/mol. The number of hydrogen-bond donors (Lipinski definition) is 1. The number of phenolic OH excluding ortho intramolecular Hbond substituents is 1. The third kappa shape index (κ3) is 1.37. The fraction of sp³-hybridized carbons (Fsp3) is 0.591. The van der Waals surface area contributed by atoms with Crippen molar-refractivity contribution in [3.63, 3.8) is 0 Å². The van der Waals surface area contributed by atoms with Crippen molar-refractivity contribution in [2.24, 2.45) is 11.3 Å². The van der Waals surface area contributed by atoms with E-state index in [-0.39, 0.29) is 23.7 Å². The van der Waals surface area contributed by atoms with E-state index in [1.54, 1.807) is 6.07 Å². The number of fused-ring (bicyclic) bond motifs is 3. The summed E-state index contributed by atoms with van der Waals surface area (Å²) in [5.74, 6) is 0.170. The topological polar surface area (TPSA) is 62.2 Å². The Hall–Kier alpha value is -2.05. The van der Waals surface area contributed by atoms with E-state index in [4.69, 9.17) is 9.47 Å². The molecule has 1 aromatic rings. The molecule has 1 saturated carbocycles. The third-order valence-electron chi connectivity index (χ3n) is 8.67. The van der Waals surface area contributed by atoms with Crippen LogP contribution < -0.4 is 4.90 Å². The van der Waals surface area contributed by atoms with Gasteiger partial charge in [0.05, 0.1) is 25.2 Å². The number of methoxy groups -OCH3 is 1. The maximum Gasteiger partial charge on any atom is 0.315 e. The lowest BCUT2D eigenvalue weighted by Crippen LogP contribution is -2.80. The number of carbonyl (C=O) groups excluding carboxylic acids is 1. The van der Waals surface area contributed by atoms with Crippen molar-refractivity contribution in [2.45, 2.75) is 36.9 Å². The van der Waals surface area contributed by atoms with Crippen LogP contribution in [0.1, 0.15) is 25.3 Å². The number of anilines is 1. The fourth-order valence-corrected chi connectivity index (χ4v) is 7.78. The highest BCUT2D eigenvalue weighted by molar-refractivity contribution is 5.86. The number of hydrogen-bond acceptors (Lipinski definition) is 6. The molecule has 3 saturated heterocycles. The van der Waals surface area contributed by atoms with Crippen LogP contribution in [0.15, 0.2) is 29.8 Å². The molecule has 148 valence electrons. The molecule has 1 aromatic carbocycles. The van der Waals surface area contributed by atoms with Crippen LogP contribution in [-0.2, 0) is 19.7 Å². The second kappa shape index (κ2) is 4.92. The van der Waals surface area contributed by atoms with E-state index in [0.29, 0.717) is 6.61 Å². The Kier molecular flexibility index (Phi) is 2.96. The normalized spacial score (nSPS) is 44.0. The number of phenols is 1. The molecule has 4 fully saturated rings. The highest BCUT2D eigenvalue weighted by Crippen LogP contribution is 2.76. The number of likely N-dealkylation sites (N-methyl/N-ethyl adjacent to an activating group) is 1. The van der Waals surface area contributed by atoms with Gasteiger partial charge >= 0.3 is 5.97 Å². The fourth-order valence-electron chi connectivity index (χ4n) is 7.78. The molecule has 5 atom stereocenters. The van der Waals surface area contributed by atoms with Gasteiger partial charge in [-0.3, -0.25) is 9.69 Å². The second-order valence-corrected chi connectivity index (χ2v) is 9.00. The van der Waals surface area contributed by atoms with Gasteiger partial charge in [0, 0.05) is 31.7 Å². The SMILES string of the molecule is CC=C1CN2CC[C@@]34c5cc(O)ccc5N(C)[C@]35OC[C@@]4(C(=O)OC)C1C[C@H]25. The van der Waals surface area contributed by atoms with Crippen LogP contribution in [0.3, 0.4) is 0 Å². The van der Waals surface area contributed by atoms with Gasteiger partial charge in [0.25, 0.3) is 0 Å². The molecule has 4 aliphatic heterocycles. The number of esters is 1. The number of nitrogens with zero attached hydrogens (tertiary/aromatic N) is 2.